The van der Waals surface area contributed by atoms with Crippen LogP contribution in [0.2, 0.25) is 5.02 Å². The van der Waals surface area contributed by atoms with Gasteiger partial charge in [0, 0.05) is 9.90 Å². The van der Waals surface area contributed by atoms with Crippen molar-refractivity contribution in [2.24, 2.45) is 0 Å². The number of thiophene rings is 1. The molecule has 0 unspecified atom stereocenters. The van der Waals surface area contributed by atoms with Crippen LogP contribution in [0.25, 0.3) is 10.4 Å². The van der Waals surface area contributed by atoms with Crippen molar-refractivity contribution in [3.63, 3.8) is 0 Å². The molecule has 0 radical (unpaired) electrons. The summed E-state index contributed by atoms with van der Waals surface area (Å²) in [5.74, 6) is -0.603. The van der Waals surface area contributed by atoms with E-state index in [0.717, 1.165) is 10.4 Å². The molecule has 0 bridgehead atoms. The van der Waals surface area contributed by atoms with Gasteiger partial charge >= 0.3 is 5.97 Å². The van der Waals surface area contributed by atoms with Crippen molar-refractivity contribution in [3.8, 4) is 10.4 Å². The van der Waals surface area contributed by atoms with Gasteiger partial charge in [0.15, 0.2) is 0 Å². The van der Waals surface area contributed by atoms with E-state index in [1.165, 1.54) is 30.1 Å². The van der Waals surface area contributed by atoms with Gasteiger partial charge in [0.2, 0.25) is 0 Å². The maximum Gasteiger partial charge on any atom is 0.350 e. The van der Waals surface area contributed by atoms with Crippen molar-refractivity contribution in [2.75, 3.05) is 11.8 Å². The Hall–Kier alpha value is -2.35. The monoisotopic (exact) mass is 491 g/mol. The number of halogens is 1. The molecule has 0 saturated heterocycles. The first-order chi connectivity index (χ1) is 14.8. The Kier molecular flexibility index (Phi) is 6.75. The van der Waals surface area contributed by atoms with E-state index in [0.29, 0.717) is 16.1 Å². The molecule has 0 spiro atoms. The normalized spacial score (nSPS) is 12.0. The Balaban J connectivity index is 2.04. The lowest BCUT2D eigenvalue weighted by Gasteiger charge is -2.18. The first-order valence-electron chi connectivity index (χ1n) is 9.96. The maximum absolute atomic E-state index is 13.1. The molecule has 32 heavy (non-hydrogen) atoms. The van der Waals surface area contributed by atoms with Crippen LogP contribution in [0.4, 0.5) is 5.69 Å². The van der Waals surface area contributed by atoms with Gasteiger partial charge in [0.1, 0.15) is 4.88 Å². The number of benzene rings is 2. The summed E-state index contributed by atoms with van der Waals surface area (Å²) >= 11 is 7.30. The van der Waals surface area contributed by atoms with Crippen LogP contribution in [0.3, 0.4) is 0 Å². The Labute approximate surface area is 198 Å². The number of nitrogens with one attached hydrogen (secondary N) is 1. The Morgan fingerprint density at radius 3 is 2.22 bits per heavy atom. The third kappa shape index (κ3) is 5.00. The van der Waals surface area contributed by atoms with Gasteiger partial charge in [0.05, 0.1) is 17.7 Å². The molecule has 0 aliphatic heterocycles. The molecule has 0 saturated carbocycles. The zero-order chi connectivity index (χ0) is 23.8. The Bertz CT molecular complexity index is 1270. The highest BCUT2D eigenvalue weighted by molar-refractivity contribution is 7.92. The fourth-order valence-corrected chi connectivity index (χ4v) is 5.93. The van der Waals surface area contributed by atoms with E-state index >= 15 is 0 Å². The minimum atomic E-state index is -3.95. The summed E-state index contributed by atoms with van der Waals surface area (Å²) in [6.07, 6.45) is 0. The average molecular weight is 492 g/mol. The van der Waals surface area contributed by atoms with Crippen LogP contribution >= 0.6 is 22.9 Å². The molecule has 0 aliphatic rings. The number of esters is 1. The van der Waals surface area contributed by atoms with Crippen molar-refractivity contribution in [1.82, 2.24) is 0 Å². The molecule has 8 heteroatoms. The fourth-order valence-electron chi connectivity index (χ4n) is 3.23. The van der Waals surface area contributed by atoms with Crippen LogP contribution in [0, 0.1) is 13.8 Å². The first kappa shape index (κ1) is 24.3. The van der Waals surface area contributed by atoms with Crippen LogP contribution in [0.5, 0.6) is 0 Å². The highest BCUT2D eigenvalue weighted by Crippen LogP contribution is 2.37. The molecule has 0 aliphatic carbocycles. The largest absolute Gasteiger partial charge is 0.465 e. The van der Waals surface area contributed by atoms with Gasteiger partial charge in [-0.25, -0.2) is 13.2 Å². The summed E-state index contributed by atoms with van der Waals surface area (Å²) < 4.78 is 33.8. The topological polar surface area (TPSA) is 72.5 Å². The predicted molar refractivity (Wildman–Crippen MR) is 132 cm³/mol. The lowest BCUT2D eigenvalue weighted by atomic mass is 9.86. The minimum Gasteiger partial charge on any atom is -0.465 e. The van der Waals surface area contributed by atoms with E-state index in [2.05, 4.69) is 25.5 Å². The number of aryl methyl sites for hydroxylation is 2. The summed E-state index contributed by atoms with van der Waals surface area (Å²) in [5.41, 5.74) is 3.43. The maximum atomic E-state index is 13.1. The standard InChI is InChI=1S/C24H26ClNO4S2/c1-14-12-21(15(2)11-18(14)25)32(28,29)26-19-13-20(31-22(19)23(27)30-6)16-7-9-17(10-8-16)24(3,4)5/h7-13,26H,1-6H3. The number of sulfonamides is 1. The first-order valence-corrected chi connectivity index (χ1v) is 12.6. The second kappa shape index (κ2) is 8.89. The van der Waals surface area contributed by atoms with Crippen molar-refractivity contribution >= 4 is 44.6 Å². The number of ether oxygens (including phenoxy) is 1. The molecule has 0 amide bonds. The number of hydrogen-bond donors (Lipinski definition) is 1. The highest BCUT2D eigenvalue weighted by Gasteiger charge is 2.25. The zero-order valence-electron chi connectivity index (χ0n) is 18.9. The fraction of sp³-hybridized carbons (Fsp3) is 0.292. The molecule has 3 rings (SSSR count). The van der Waals surface area contributed by atoms with Crippen LogP contribution in [-0.4, -0.2) is 21.5 Å². The van der Waals surface area contributed by atoms with Crippen LogP contribution < -0.4 is 4.72 Å². The van der Waals surface area contributed by atoms with E-state index in [-0.39, 0.29) is 20.9 Å². The second-order valence-electron chi connectivity index (χ2n) is 8.64. The summed E-state index contributed by atoms with van der Waals surface area (Å²) in [4.78, 5) is 13.4. The Morgan fingerprint density at radius 1 is 1.03 bits per heavy atom. The smallest absolute Gasteiger partial charge is 0.350 e. The van der Waals surface area contributed by atoms with Crippen LogP contribution in [0.1, 0.15) is 47.1 Å². The van der Waals surface area contributed by atoms with Crippen LogP contribution in [-0.2, 0) is 20.2 Å². The number of carbonyl (C=O) groups excluding carboxylic acids is 1. The second-order valence-corrected chi connectivity index (χ2v) is 11.8. The highest BCUT2D eigenvalue weighted by atomic mass is 35.5. The number of anilines is 1. The minimum absolute atomic E-state index is 0.0144. The predicted octanol–water partition coefficient (Wildman–Crippen LogP) is 6.57. The molecule has 0 fully saturated rings. The molecule has 1 heterocycles. The summed E-state index contributed by atoms with van der Waals surface area (Å²) in [5, 5.41) is 0.494. The third-order valence-electron chi connectivity index (χ3n) is 5.13. The molecule has 170 valence electrons. The van der Waals surface area contributed by atoms with Gasteiger partial charge in [-0.3, -0.25) is 4.72 Å². The summed E-state index contributed by atoms with van der Waals surface area (Å²) in [6.45, 7) is 9.82. The van der Waals surface area contributed by atoms with Gasteiger partial charge in [-0.1, -0.05) is 56.6 Å². The molecule has 1 N–H and O–H groups in total. The van der Waals surface area contributed by atoms with Gasteiger partial charge in [-0.15, -0.1) is 11.3 Å². The van der Waals surface area contributed by atoms with Gasteiger partial charge in [0.25, 0.3) is 10.0 Å². The van der Waals surface area contributed by atoms with E-state index in [9.17, 15) is 13.2 Å². The molecule has 3 aromatic rings. The van der Waals surface area contributed by atoms with Crippen molar-refractivity contribution < 1.29 is 17.9 Å². The SMILES string of the molecule is COC(=O)c1sc(-c2ccc(C(C)(C)C)cc2)cc1NS(=O)(=O)c1cc(C)c(Cl)cc1C. The number of rotatable bonds is 5. The van der Waals surface area contributed by atoms with Crippen molar-refractivity contribution in [3.05, 3.63) is 69.1 Å². The molecule has 1 aromatic heterocycles. The summed E-state index contributed by atoms with van der Waals surface area (Å²) in [6, 6.07) is 12.8. The average Bonchev–Trinajstić information content (AvgIpc) is 3.12. The van der Waals surface area contributed by atoms with Crippen molar-refractivity contribution in [2.45, 2.75) is 44.9 Å². The molecular formula is C24H26ClNO4S2. The summed E-state index contributed by atoms with van der Waals surface area (Å²) in [7, 11) is -2.68. The lowest BCUT2D eigenvalue weighted by molar-refractivity contribution is 0.0607. The molecular weight excluding hydrogens is 466 g/mol. The number of hydrogen-bond acceptors (Lipinski definition) is 5. The van der Waals surface area contributed by atoms with E-state index in [1.807, 2.05) is 24.3 Å². The van der Waals surface area contributed by atoms with Gasteiger partial charge < -0.3 is 4.74 Å². The van der Waals surface area contributed by atoms with Crippen LogP contribution in [0.15, 0.2) is 47.4 Å². The quantitative estimate of drug-likeness (QED) is 0.409. The van der Waals surface area contributed by atoms with Gasteiger partial charge in [-0.2, -0.15) is 0 Å². The Morgan fingerprint density at radius 2 is 1.66 bits per heavy atom. The van der Waals surface area contributed by atoms with Gasteiger partial charge in [-0.05, 0) is 59.7 Å². The van der Waals surface area contributed by atoms with E-state index < -0.39 is 16.0 Å². The molecule has 2 aromatic carbocycles. The lowest BCUT2D eigenvalue weighted by Crippen LogP contribution is -2.16. The number of methoxy groups -OCH3 is 1. The van der Waals surface area contributed by atoms with Crippen molar-refractivity contribution in [1.29, 1.82) is 0 Å². The third-order valence-corrected chi connectivity index (χ3v) is 8.21. The van der Waals surface area contributed by atoms with E-state index in [4.69, 9.17) is 16.3 Å². The zero-order valence-corrected chi connectivity index (χ0v) is 21.3. The van der Waals surface area contributed by atoms with E-state index in [1.54, 1.807) is 26.0 Å². The molecule has 0 atom stereocenters. The number of carbonyl (C=O) groups is 1. The molecule has 5 nitrogen and oxygen atoms in total.